The van der Waals surface area contributed by atoms with Gasteiger partial charge < -0.3 is 10.6 Å². The van der Waals surface area contributed by atoms with Gasteiger partial charge >= 0.3 is 0 Å². The van der Waals surface area contributed by atoms with E-state index in [0.717, 1.165) is 6.42 Å². The summed E-state index contributed by atoms with van der Waals surface area (Å²) in [5.74, 6) is 0.0508. The van der Waals surface area contributed by atoms with Crippen LogP contribution in [0.4, 0.5) is 0 Å². The molecule has 0 aliphatic heterocycles. The smallest absolute Gasteiger partial charge is 0.234 e. The molecule has 3 nitrogen and oxygen atoms in total. The van der Waals surface area contributed by atoms with Gasteiger partial charge in [-0.25, -0.2) is 0 Å². The van der Waals surface area contributed by atoms with Crippen molar-refractivity contribution in [2.24, 2.45) is 5.41 Å². The lowest BCUT2D eigenvalue weighted by molar-refractivity contribution is -0.120. The van der Waals surface area contributed by atoms with E-state index in [9.17, 15) is 4.79 Å². The molecule has 0 aliphatic rings. The van der Waals surface area contributed by atoms with Gasteiger partial charge in [0.1, 0.15) is 0 Å². The first-order chi connectivity index (χ1) is 9.28. The van der Waals surface area contributed by atoms with Crippen molar-refractivity contribution in [1.29, 1.82) is 0 Å². The number of hydrogen-bond donors (Lipinski definition) is 2. The quantitative estimate of drug-likeness (QED) is 0.837. The van der Waals surface area contributed by atoms with E-state index in [1.54, 1.807) is 0 Å². The molecule has 0 heterocycles. The highest BCUT2D eigenvalue weighted by molar-refractivity contribution is 5.78. The number of carbonyl (C=O) groups excluding carboxylic acids is 1. The predicted octanol–water partition coefficient (Wildman–Crippen LogP) is 3.28. The molecule has 0 aliphatic carbocycles. The monoisotopic (exact) mass is 276 g/mol. The summed E-state index contributed by atoms with van der Waals surface area (Å²) in [7, 11) is 0. The summed E-state index contributed by atoms with van der Waals surface area (Å²) in [6.45, 7) is 11.0. The molecule has 1 amide bonds. The Balaban J connectivity index is 2.67. The van der Waals surface area contributed by atoms with Gasteiger partial charge in [0.15, 0.2) is 0 Å². The number of amides is 1. The zero-order valence-electron chi connectivity index (χ0n) is 13.4. The Labute approximate surface area is 123 Å². The SMILES string of the molecule is CC(C)NC(=O)CNC(CC(C)(C)C)c1ccccc1. The standard InChI is InChI=1S/C17H28N2O/c1-13(2)19-16(20)12-18-15(11-17(3,4)5)14-9-7-6-8-10-14/h6-10,13,15,18H,11-12H2,1-5H3,(H,19,20). The minimum absolute atomic E-state index is 0.0508. The van der Waals surface area contributed by atoms with Crippen molar-refractivity contribution >= 4 is 5.91 Å². The molecule has 0 saturated heterocycles. The van der Waals surface area contributed by atoms with Crippen molar-refractivity contribution in [3.8, 4) is 0 Å². The minimum Gasteiger partial charge on any atom is -0.353 e. The average Bonchev–Trinajstić information content (AvgIpc) is 2.33. The van der Waals surface area contributed by atoms with Crippen molar-refractivity contribution in [2.45, 2.75) is 53.1 Å². The molecule has 112 valence electrons. The van der Waals surface area contributed by atoms with Crippen molar-refractivity contribution in [3.63, 3.8) is 0 Å². The zero-order chi connectivity index (χ0) is 15.2. The number of rotatable bonds is 6. The van der Waals surface area contributed by atoms with Crippen LogP contribution in [0.5, 0.6) is 0 Å². The highest BCUT2D eigenvalue weighted by Gasteiger charge is 2.20. The van der Waals surface area contributed by atoms with Crippen LogP contribution in [0.1, 0.15) is 52.6 Å². The Bertz CT molecular complexity index is 407. The predicted molar refractivity (Wildman–Crippen MR) is 84.5 cm³/mol. The van der Waals surface area contributed by atoms with Crippen molar-refractivity contribution in [2.75, 3.05) is 6.54 Å². The van der Waals surface area contributed by atoms with Gasteiger partial charge in [0.2, 0.25) is 5.91 Å². The molecule has 0 saturated carbocycles. The summed E-state index contributed by atoms with van der Waals surface area (Å²) in [6, 6.07) is 10.7. The van der Waals surface area contributed by atoms with E-state index in [2.05, 4.69) is 43.5 Å². The van der Waals surface area contributed by atoms with E-state index >= 15 is 0 Å². The average molecular weight is 276 g/mol. The van der Waals surface area contributed by atoms with Crippen LogP contribution in [0, 0.1) is 5.41 Å². The molecule has 0 bridgehead atoms. The van der Waals surface area contributed by atoms with Crippen molar-refractivity contribution < 1.29 is 4.79 Å². The number of carbonyl (C=O) groups is 1. The second kappa shape index (κ2) is 7.44. The fourth-order valence-corrected chi connectivity index (χ4v) is 2.19. The van der Waals surface area contributed by atoms with Gasteiger partial charge in [-0.1, -0.05) is 51.1 Å². The maximum atomic E-state index is 11.8. The summed E-state index contributed by atoms with van der Waals surface area (Å²) < 4.78 is 0. The molecule has 0 fully saturated rings. The van der Waals surface area contributed by atoms with E-state index in [4.69, 9.17) is 0 Å². The topological polar surface area (TPSA) is 41.1 Å². The number of nitrogens with one attached hydrogen (secondary N) is 2. The summed E-state index contributed by atoms with van der Waals surface area (Å²) in [5.41, 5.74) is 1.45. The van der Waals surface area contributed by atoms with Gasteiger partial charge in [-0.05, 0) is 31.2 Å². The number of hydrogen-bond acceptors (Lipinski definition) is 2. The maximum absolute atomic E-state index is 11.8. The normalized spacial score (nSPS) is 13.3. The lowest BCUT2D eigenvalue weighted by Crippen LogP contribution is -2.39. The van der Waals surface area contributed by atoms with Crippen LogP contribution in [0.25, 0.3) is 0 Å². The van der Waals surface area contributed by atoms with Crippen LogP contribution < -0.4 is 10.6 Å². The highest BCUT2D eigenvalue weighted by atomic mass is 16.1. The van der Waals surface area contributed by atoms with E-state index in [1.165, 1.54) is 5.56 Å². The zero-order valence-corrected chi connectivity index (χ0v) is 13.4. The summed E-state index contributed by atoms with van der Waals surface area (Å²) in [6.07, 6.45) is 0.992. The molecule has 0 radical (unpaired) electrons. The molecule has 0 spiro atoms. The molecule has 2 N–H and O–H groups in total. The van der Waals surface area contributed by atoms with Gasteiger partial charge in [-0.2, -0.15) is 0 Å². The van der Waals surface area contributed by atoms with Crippen LogP contribution in [0.3, 0.4) is 0 Å². The van der Waals surface area contributed by atoms with E-state index in [-0.39, 0.29) is 23.4 Å². The third-order valence-corrected chi connectivity index (χ3v) is 2.98. The molecule has 1 aromatic carbocycles. The fourth-order valence-electron chi connectivity index (χ4n) is 2.19. The van der Waals surface area contributed by atoms with Crippen LogP contribution in [-0.4, -0.2) is 18.5 Å². The molecule has 3 heteroatoms. The molecule has 20 heavy (non-hydrogen) atoms. The Morgan fingerprint density at radius 2 is 1.75 bits per heavy atom. The van der Waals surface area contributed by atoms with Crippen LogP contribution in [0.2, 0.25) is 0 Å². The molecular formula is C17H28N2O. The fraction of sp³-hybridized carbons (Fsp3) is 0.588. The lowest BCUT2D eigenvalue weighted by atomic mass is 9.85. The van der Waals surface area contributed by atoms with Crippen LogP contribution in [-0.2, 0) is 4.79 Å². The molecule has 0 aromatic heterocycles. The van der Waals surface area contributed by atoms with Crippen LogP contribution in [0.15, 0.2) is 30.3 Å². The largest absolute Gasteiger partial charge is 0.353 e. The number of benzene rings is 1. The summed E-state index contributed by atoms with van der Waals surface area (Å²) in [4.78, 5) is 11.8. The third kappa shape index (κ3) is 6.71. The molecule has 1 aromatic rings. The Kier molecular flexibility index (Phi) is 6.21. The molecular weight excluding hydrogens is 248 g/mol. The van der Waals surface area contributed by atoms with E-state index in [0.29, 0.717) is 6.54 Å². The second-order valence-electron chi connectivity index (χ2n) is 6.83. The van der Waals surface area contributed by atoms with Crippen molar-refractivity contribution in [1.82, 2.24) is 10.6 Å². The molecule has 1 atom stereocenters. The summed E-state index contributed by atoms with van der Waals surface area (Å²) >= 11 is 0. The first kappa shape index (κ1) is 16.7. The van der Waals surface area contributed by atoms with Crippen LogP contribution >= 0.6 is 0 Å². The summed E-state index contributed by atoms with van der Waals surface area (Å²) in [5, 5.41) is 6.30. The van der Waals surface area contributed by atoms with E-state index < -0.39 is 0 Å². The van der Waals surface area contributed by atoms with Gasteiger partial charge in [-0.3, -0.25) is 4.79 Å². The minimum atomic E-state index is 0.0508. The lowest BCUT2D eigenvalue weighted by Gasteiger charge is -2.27. The van der Waals surface area contributed by atoms with Gasteiger partial charge in [-0.15, -0.1) is 0 Å². The second-order valence-corrected chi connectivity index (χ2v) is 6.83. The molecule has 1 rings (SSSR count). The van der Waals surface area contributed by atoms with Gasteiger partial charge in [0.05, 0.1) is 6.54 Å². The van der Waals surface area contributed by atoms with Crippen molar-refractivity contribution in [3.05, 3.63) is 35.9 Å². The van der Waals surface area contributed by atoms with Gasteiger partial charge in [0.25, 0.3) is 0 Å². The van der Waals surface area contributed by atoms with E-state index in [1.807, 2.05) is 32.0 Å². The Morgan fingerprint density at radius 3 is 2.25 bits per heavy atom. The third-order valence-electron chi connectivity index (χ3n) is 2.98. The van der Waals surface area contributed by atoms with Gasteiger partial charge in [0, 0.05) is 12.1 Å². The Morgan fingerprint density at radius 1 is 1.15 bits per heavy atom. The Hall–Kier alpha value is -1.35. The highest BCUT2D eigenvalue weighted by Crippen LogP contribution is 2.29. The first-order valence-corrected chi connectivity index (χ1v) is 7.35. The maximum Gasteiger partial charge on any atom is 0.234 e. The molecule has 1 unspecified atom stereocenters. The first-order valence-electron chi connectivity index (χ1n) is 7.35.